The summed E-state index contributed by atoms with van der Waals surface area (Å²) in [4.78, 5) is 3.84. The van der Waals surface area contributed by atoms with Gasteiger partial charge in [0, 0.05) is 25.0 Å². The third kappa shape index (κ3) is 3.82. The first kappa shape index (κ1) is 16.7. The fourth-order valence-electron chi connectivity index (χ4n) is 1.68. The molecular formula is C14H19F2NO3. The van der Waals surface area contributed by atoms with Gasteiger partial charge in [-0.1, -0.05) is 12.6 Å². The normalized spacial score (nSPS) is 13.5. The van der Waals surface area contributed by atoms with E-state index in [0.717, 1.165) is 0 Å². The summed E-state index contributed by atoms with van der Waals surface area (Å²) < 4.78 is 37.8. The van der Waals surface area contributed by atoms with Gasteiger partial charge in [-0.25, -0.2) is 0 Å². The Morgan fingerprint density at radius 3 is 2.50 bits per heavy atom. The second-order valence-electron chi connectivity index (χ2n) is 4.00. The lowest BCUT2D eigenvalue weighted by molar-refractivity contribution is -0.143. The highest BCUT2D eigenvalue weighted by atomic mass is 19.3. The van der Waals surface area contributed by atoms with E-state index in [1.165, 1.54) is 6.20 Å². The summed E-state index contributed by atoms with van der Waals surface area (Å²) in [7, 11) is 0. The molecule has 1 heterocycles. The average Bonchev–Trinajstić information content (AvgIpc) is 2.46. The van der Waals surface area contributed by atoms with Crippen molar-refractivity contribution in [2.24, 2.45) is 0 Å². The highest BCUT2D eigenvalue weighted by Crippen LogP contribution is 2.35. The zero-order valence-corrected chi connectivity index (χ0v) is 11.6. The van der Waals surface area contributed by atoms with Gasteiger partial charge in [-0.2, -0.15) is 8.78 Å². The molecule has 0 radical (unpaired) electrons. The number of hydrogen-bond donors (Lipinski definition) is 1. The number of aliphatic hydroxyl groups excluding tert-OH is 1. The van der Waals surface area contributed by atoms with Crippen molar-refractivity contribution in [1.29, 1.82) is 0 Å². The number of halogens is 2. The van der Waals surface area contributed by atoms with E-state index >= 15 is 0 Å². The predicted octanol–water partition coefficient (Wildman–Crippen LogP) is 3.01. The number of rotatable bonds is 8. The van der Waals surface area contributed by atoms with Crippen molar-refractivity contribution in [3.8, 4) is 0 Å². The van der Waals surface area contributed by atoms with Crippen molar-refractivity contribution in [2.75, 3.05) is 13.2 Å². The zero-order chi connectivity index (χ0) is 15.2. The summed E-state index contributed by atoms with van der Waals surface area (Å²) >= 11 is 0. The van der Waals surface area contributed by atoms with Gasteiger partial charge in [0.25, 0.3) is 5.92 Å². The molecule has 0 aromatic carbocycles. The molecule has 20 heavy (non-hydrogen) atoms. The van der Waals surface area contributed by atoms with E-state index in [4.69, 9.17) is 9.47 Å². The van der Waals surface area contributed by atoms with Gasteiger partial charge in [-0.15, -0.1) is 0 Å². The molecule has 0 saturated carbocycles. The maximum Gasteiger partial charge on any atom is 0.297 e. The van der Waals surface area contributed by atoms with Gasteiger partial charge in [0.15, 0.2) is 12.4 Å². The molecule has 1 aromatic heterocycles. The summed E-state index contributed by atoms with van der Waals surface area (Å²) in [6, 6.07) is 3.11. The van der Waals surface area contributed by atoms with Crippen molar-refractivity contribution >= 4 is 0 Å². The smallest absolute Gasteiger partial charge is 0.297 e. The Labute approximate surface area is 117 Å². The van der Waals surface area contributed by atoms with Gasteiger partial charge in [-0.3, -0.25) is 4.98 Å². The van der Waals surface area contributed by atoms with Crippen molar-refractivity contribution in [2.45, 2.75) is 32.2 Å². The Hall–Kier alpha value is -1.37. The lowest BCUT2D eigenvalue weighted by Crippen LogP contribution is -2.26. The molecule has 1 atom stereocenters. The Kier molecular flexibility index (Phi) is 6.19. The van der Waals surface area contributed by atoms with E-state index in [-0.39, 0.29) is 11.3 Å². The van der Waals surface area contributed by atoms with Crippen molar-refractivity contribution < 1.29 is 23.4 Å². The van der Waals surface area contributed by atoms with Gasteiger partial charge < -0.3 is 14.6 Å². The summed E-state index contributed by atoms with van der Waals surface area (Å²) in [6.07, 6.45) is -1.22. The molecule has 0 aliphatic heterocycles. The second kappa shape index (κ2) is 7.42. The SMILES string of the molecule is C=CC(F)(F)C(O)c1ncccc1C(OCC)OCC. The molecule has 0 bridgehead atoms. The monoisotopic (exact) mass is 287 g/mol. The molecule has 0 amide bonds. The number of aromatic nitrogens is 1. The van der Waals surface area contributed by atoms with E-state index < -0.39 is 18.3 Å². The summed E-state index contributed by atoms with van der Waals surface area (Å²) in [6.45, 7) is 7.23. The van der Waals surface area contributed by atoms with Crippen LogP contribution in [0.25, 0.3) is 0 Å². The molecule has 0 fully saturated rings. The van der Waals surface area contributed by atoms with E-state index in [1.54, 1.807) is 26.0 Å². The van der Waals surface area contributed by atoms with E-state index in [1.807, 2.05) is 0 Å². The molecule has 4 nitrogen and oxygen atoms in total. The van der Waals surface area contributed by atoms with Gasteiger partial charge in [0.2, 0.25) is 0 Å². The molecule has 6 heteroatoms. The first-order valence-electron chi connectivity index (χ1n) is 6.35. The van der Waals surface area contributed by atoms with Crippen molar-refractivity contribution in [3.63, 3.8) is 0 Å². The molecule has 1 aromatic rings. The quantitative estimate of drug-likeness (QED) is 0.590. The lowest BCUT2D eigenvalue weighted by atomic mass is 10.0. The minimum absolute atomic E-state index is 0.177. The molecule has 0 saturated heterocycles. The summed E-state index contributed by atoms with van der Waals surface area (Å²) in [5.41, 5.74) is 0.106. The van der Waals surface area contributed by atoms with Crippen LogP contribution >= 0.6 is 0 Å². The molecule has 1 unspecified atom stereocenters. The number of aliphatic hydroxyl groups is 1. The minimum atomic E-state index is -3.48. The number of ether oxygens (including phenoxy) is 2. The van der Waals surface area contributed by atoms with E-state index in [0.29, 0.717) is 19.3 Å². The number of alkyl halides is 2. The van der Waals surface area contributed by atoms with Crippen LogP contribution in [0.15, 0.2) is 31.0 Å². The largest absolute Gasteiger partial charge is 0.380 e. The number of nitrogens with zero attached hydrogens (tertiary/aromatic N) is 1. The summed E-state index contributed by atoms with van der Waals surface area (Å²) in [5, 5.41) is 9.82. The second-order valence-corrected chi connectivity index (χ2v) is 4.00. The van der Waals surface area contributed by atoms with Crippen LogP contribution in [0.3, 0.4) is 0 Å². The Morgan fingerprint density at radius 2 is 2.00 bits per heavy atom. The van der Waals surface area contributed by atoms with E-state index in [2.05, 4.69) is 11.6 Å². The fraction of sp³-hybridized carbons (Fsp3) is 0.500. The van der Waals surface area contributed by atoms with Crippen molar-refractivity contribution in [3.05, 3.63) is 42.2 Å². The molecule has 0 aliphatic carbocycles. The Bertz CT molecular complexity index is 434. The topological polar surface area (TPSA) is 51.6 Å². The highest BCUT2D eigenvalue weighted by Gasteiger charge is 2.39. The lowest BCUT2D eigenvalue weighted by Gasteiger charge is -2.24. The molecule has 0 aliphatic rings. The highest BCUT2D eigenvalue weighted by molar-refractivity contribution is 5.26. The first-order valence-corrected chi connectivity index (χ1v) is 6.35. The van der Waals surface area contributed by atoms with Crippen LogP contribution in [-0.2, 0) is 9.47 Å². The third-order valence-corrected chi connectivity index (χ3v) is 2.66. The van der Waals surface area contributed by atoms with Crippen molar-refractivity contribution in [1.82, 2.24) is 4.98 Å². The van der Waals surface area contributed by atoms with Gasteiger partial charge in [0.05, 0.1) is 5.69 Å². The Balaban J connectivity index is 3.17. The van der Waals surface area contributed by atoms with Gasteiger partial charge >= 0.3 is 0 Å². The van der Waals surface area contributed by atoms with Gasteiger partial charge in [0.1, 0.15) is 0 Å². The number of pyridine rings is 1. The third-order valence-electron chi connectivity index (χ3n) is 2.66. The van der Waals surface area contributed by atoms with Crippen LogP contribution in [0.4, 0.5) is 8.78 Å². The maximum atomic E-state index is 13.6. The van der Waals surface area contributed by atoms with Crippen LogP contribution in [0.2, 0.25) is 0 Å². The van der Waals surface area contributed by atoms with Crippen LogP contribution in [0.1, 0.15) is 37.5 Å². The van der Waals surface area contributed by atoms with Crippen LogP contribution in [-0.4, -0.2) is 29.2 Å². The van der Waals surface area contributed by atoms with Gasteiger partial charge in [-0.05, 0) is 26.0 Å². The molecule has 0 spiro atoms. The minimum Gasteiger partial charge on any atom is -0.380 e. The average molecular weight is 287 g/mol. The first-order chi connectivity index (χ1) is 9.47. The zero-order valence-electron chi connectivity index (χ0n) is 11.6. The maximum absolute atomic E-state index is 13.6. The molecule has 1 rings (SSSR count). The fourth-order valence-corrected chi connectivity index (χ4v) is 1.68. The molecule has 1 N–H and O–H groups in total. The van der Waals surface area contributed by atoms with E-state index in [9.17, 15) is 13.9 Å². The standard InChI is InChI=1S/C14H19F2NO3/c1-4-14(15,16)12(18)11-10(8-7-9-17-11)13(19-5-2)20-6-3/h4,7-9,12-13,18H,1,5-6H2,2-3H3. The van der Waals surface area contributed by atoms with Crippen LogP contribution in [0, 0.1) is 0 Å². The molecular weight excluding hydrogens is 268 g/mol. The summed E-state index contributed by atoms with van der Waals surface area (Å²) in [5.74, 6) is -3.48. The Morgan fingerprint density at radius 1 is 1.40 bits per heavy atom. The molecule has 112 valence electrons. The van der Waals surface area contributed by atoms with Crippen LogP contribution in [0.5, 0.6) is 0 Å². The number of hydrogen-bond acceptors (Lipinski definition) is 4. The predicted molar refractivity (Wildman–Crippen MR) is 70.3 cm³/mol. The van der Waals surface area contributed by atoms with Crippen LogP contribution < -0.4 is 0 Å².